The highest BCUT2D eigenvalue weighted by atomic mass is 79.9. The summed E-state index contributed by atoms with van der Waals surface area (Å²) in [5, 5.41) is 2.74. The molecule has 0 heterocycles. The maximum absolute atomic E-state index is 12.9. The van der Waals surface area contributed by atoms with E-state index < -0.39 is 11.7 Å². The van der Waals surface area contributed by atoms with Crippen molar-refractivity contribution in [2.24, 2.45) is 17.3 Å². The lowest BCUT2D eigenvalue weighted by Crippen LogP contribution is -2.53. The number of amides is 1. The Labute approximate surface area is 164 Å². The van der Waals surface area contributed by atoms with Gasteiger partial charge in [0.1, 0.15) is 0 Å². The van der Waals surface area contributed by atoms with E-state index in [1.54, 1.807) is 0 Å². The van der Waals surface area contributed by atoms with Crippen molar-refractivity contribution in [2.75, 3.05) is 5.32 Å². The molecule has 4 bridgehead atoms. The number of carbonyl (C=O) groups is 1. The lowest BCUT2D eigenvalue weighted by Gasteiger charge is -2.60. The molecule has 26 heavy (non-hydrogen) atoms. The summed E-state index contributed by atoms with van der Waals surface area (Å²) in [6.07, 6.45) is 2.53. The molecule has 4 aliphatic carbocycles. The summed E-state index contributed by atoms with van der Waals surface area (Å²) in [5.74, 6) is 1.06. The smallest absolute Gasteiger partial charge is 0.325 e. The van der Waals surface area contributed by atoms with Crippen LogP contribution in [0.5, 0.6) is 0 Å². The van der Waals surface area contributed by atoms with Crippen LogP contribution in [0.15, 0.2) is 18.2 Å². The molecule has 2 unspecified atom stereocenters. The highest BCUT2D eigenvalue weighted by Crippen LogP contribution is 2.65. The monoisotopic (exact) mass is 449 g/mol. The van der Waals surface area contributed by atoms with Crippen molar-refractivity contribution in [3.63, 3.8) is 0 Å². The normalized spacial score (nSPS) is 35.6. The van der Waals surface area contributed by atoms with Crippen molar-refractivity contribution in [3.8, 4) is 0 Å². The molecule has 1 N–H and O–H groups in total. The van der Waals surface area contributed by atoms with Crippen molar-refractivity contribution in [2.45, 2.75) is 55.4 Å². The number of halogens is 5. The summed E-state index contributed by atoms with van der Waals surface area (Å²) in [5.41, 5.74) is -0.817. The van der Waals surface area contributed by atoms with Crippen LogP contribution >= 0.6 is 27.5 Å². The van der Waals surface area contributed by atoms with Gasteiger partial charge in [0, 0.05) is 10.7 Å². The third-order valence-corrected chi connectivity index (χ3v) is 7.47. The summed E-state index contributed by atoms with van der Waals surface area (Å²) in [6, 6.07) is 3.01. The Morgan fingerprint density at radius 1 is 1.23 bits per heavy atom. The van der Waals surface area contributed by atoms with Gasteiger partial charge in [0.25, 0.3) is 0 Å². The second-order valence-electron chi connectivity index (χ2n) is 8.53. The fourth-order valence-electron chi connectivity index (χ4n) is 5.88. The number of nitrogens with one attached hydrogen (secondary N) is 1. The van der Waals surface area contributed by atoms with Crippen LogP contribution in [0.2, 0.25) is 5.02 Å². The van der Waals surface area contributed by atoms with Gasteiger partial charge in [-0.2, -0.15) is 13.2 Å². The molecule has 2 atom stereocenters. The predicted molar refractivity (Wildman–Crippen MR) is 98.5 cm³/mol. The number of benzene rings is 1. The van der Waals surface area contributed by atoms with E-state index in [1.807, 2.05) is 0 Å². The first-order chi connectivity index (χ1) is 12.1. The molecular formula is C19H20BrClF3NO. The molecule has 1 aromatic rings. The van der Waals surface area contributed by atoms with E-state index in [9.17, 15) is 18.0 Å². The van der Waals surface area contributed by atoms with Gasteiger partial charge >= 0.3 is 6.18 Å². The summed E-state index contributed by atoms with van der Waals surface area (Å²) in [4.78, 5) is 12.6. The van der Waals surface area contributed by atoms with Gasteiger partial charge < -0.3 is 5.32 Å². The number of hydrogen-bond donors (Lipinski definition) is 1. The van der Waals surface area contributed by atoms with Crippen molar-refractivity contribution in [1.82, 2.24) is 0 Å². The summed E-state index contributed by atoms with van der Waals surface area (Å²) in [6.45, 7) is 0. The highest BCUT2D eigenvalue weighted by molar-refractivity contribution is 9.10. The van der Waals surface area contributed by atoms with Crippen LogP contribution < -0.4 is 5.32 Å². The van der Waals surface area contributed by atoms with Crippen molar-refractivity contribution < 1.29 is 18.0 Å². The first-order valence-corrected chi connectivity index (χ1v) is 10.1. The Balaban J connectivity index is 1.50. The van der Waals surface area contributed by atoms with Gasteiger partial charge in [0.2, 0.25) is 5.91 Å². The lowest BCUT2D eigenvalue weighted by molar-refractivity contribution is -0.137. The Kier molecular flexibility index (Phi) is 4.39. The van der Waals surface area contributed by atoms with Crippen LogP contribution in [0.4, 0.5) is 18.9 Å². The van der Waals surface area contributed by atoms with Crippen LogP contribution in [0.3, 0.4) is 0 Å². The van der Waals surface area contributed by atoms with Gasteiger partial charge in [-0.15, -0.1) is 0 Å². The molecule has 7 heteroatoms. The van der Waals surface area contributed by atoms with Crippen molar-refractivity contribution in [3.05, 3.63) is 28.8 Å². The summed E-state index contributed by atoms with van der Waals surface area (Å²) in [7, 11) is 0. The molecule has 1 amide bonds. The lowest BCUT2D eigenvalue weighted by atomic mass is 9.48. The van der Waals surface area contributed by atoms with Gasteiger partial charge in [-0.1, -0.05) is 27.5 Å². The van der Waals surface area contributed by atoms with E-state index in [4.69, 9.17) is 11.6 Å². The minimum absolute atomic E-state index is 0.0322. The van der Waals surface area contributed by atoms with E-state index in [-0.39, 0.29) is 26.4 Å². The molecular weight excluding hydrogens is 431 g/mol. The Hall–Kier alpha value is -0.750. The molecule has 0 saturated heterocycles. The maximum atomic E-state index is 12.9. The molecule has 142 valence electrons. The topological polar surface area (TPSA) is 29.1 Å². The van der Waals surface area contributed by atoms with E-state index in [1.165, 1.54) is 25.3 Å². The van der Waals surface area contributed by atoms with Crippen LogP contribution in [0.1, 0.15) is 50.5 Å². The Morgan fingerprint density at radius 2 is 1.88 bits per heavy atom. The van der Waals surface area contributed by atoms with E-state index >= 15 is 0 Å². The van der Waals surface area contributed by atoms with Gasteiger partial charge in [-0.25, -0.2) is 0 Å². The van der Waals surface area contributed by atoms with Gasteiger partial charge in [-0.3, -0.25) is 4.79 Å². The zero-order chi connectivity index (χ0) is 18.7. The van der Waals surface area contributed by atoms with Crippen LogP contribution in [0.25, 0.3) is 0 Å². The van der Waals surface area contributed by atoms with Gasteiger partial charge in [-0.05, 0) is 74.0 Å². The van der Waals surface area contributed by atoms with E-state index in [0.717, 1.165) is 31.4 Å². The van der Waals surface area contributed by atoms with E-state index in [0.29, 0.717) is 18.3 Å². The average Bonchev–Trinajstić information content (AvgIpc) is 2.45. The number of carbonyl (C=O) groups excluding carboxylic acids is 1. The average molecular weight is 451 g/mol. The van der Waals surface area contributed by atoms with Gasteiger partial charge in [0.15, 0.2) is 0 Å². The second kappa shape index (κ2) is 6.13. The molecule has 0 radical (unpaired) electrons. The zero-order valence-corrected chi connectivity index (χ0v) is 16.5. The van der Waals surface area contributed by atoms with E-state index in [2.05, 4.69) is 21.2 Å². The second-order valence-corrected chi connectivity index (χ2v) is 10.6. The van der Waals surface area contributed by atoms with Gasteiger partial charge in [0.05, 0.1) is 16.3 Å². The maximum Gasteiger partial charge on any atom is 0.416 e. The molecule has 0 aromatic heterocycles. The molecule has 5 rings (SSSR count). The zero-order valence-electron chi connectivity index (χ0n) is 14.1. The molecule has 2 nitrogen and oxygen atoms in total. The van der Waals surface area contributed by atoms with Crippen molar-refractivity contribution >= 4 is 39.1 Å². The number of rotatable bonds is 3. The first kappa shape index (κ1) is 18.6. The molecule has 4 saturated carbocycles. The number of alkyl halides is 4. The molecule has 0 aliphatic heterocycles. The minimum Gasteiger partial charge on any atom is -0.325 e. The Morgan fingerprint density at radius 3 is 2.46 bits per heavy atom. The molecule has 4 aliphatic rings. The number of hydrogen-bond acceptors (Lipinski definition) is 1. The largest absolute Gasteiger partial charge is 0.416 e. The SMILES string of the molecule is O=C(CC12CC3CC(CC(Br)(C3)C1)C2)Nc1cc(C(F)(F)F)ccc1Cl. The summed E-state index contributed by atoms with van der Waals surface area (Å²) < 4.78 is 38.9. The van der Waals surface area contributed by atoms with Crippen LogP contribution in [0, 0.1) is 17.3 Å². The fourth-order valence-corrected chi connectivity index (χ4v) is 7.55. The van der Waals surface area contributed by atoms with Crippen LogP contribution in [-0.4, -0.2) is 10.2 Å². The molecule has 0 spiro atoms. The number of anilines is 1. The summed E-state index contributed by atoms with van der Waals surface area (Å²) >= 11 is 9.91. The standard InChI is InChI=1S/C19H20BrClF3NO/c20-18-7-11-3-12(8-18)6-17(5-11,10-18)9-16(26)25-15-4-13(19(22,23)24)1-2-14(15)21/h1-2,4,11-12H,3,5-10H2,(H,25,26). The predicted octanol–water partition coefficient (Wildman–Crippen LogP) is 6.42. The Bertz CT molecular complexity index is 737. The van der Waals surface area contributed by atoms with Crippen LogP contribution in [-0.2, 0) is 11.0 Å². The third kappa shape index (κ3) is 3.51. The third-order valence-electron chi connectivity index (χ3n) is 6.21. The minimum atomic E-state index is -4.47. The van der Waals surface area contributed by atoms with Crippen molar-refractivity contribution in [1.29, 1.82) is 0 Å². The first-order valence-electron chi connectivity index (χ1n) is 8.91. The quantitative estimate of drug-likeness (QED) is 0.529. The highest BCUT2D eigenvalue weighted by Gasteiger charge is 2.57. The molecule has 4 fully saturated rings. The fraction of sp³-hybridized carbons (Fsp3) is 0.632. The molecule has 1 aromatic carbocycles.